The molecule has 2 atom stereocenters. The molecule has 4 heteroatoms. The topological polar surface area (TPSA) is 75.4 Å². The smallest absolute Gasteiger partial charge is 0.224 e. The van der Waals surface area contributed by atoms with Gasteiger partial charge in [-0.15, -0.1) is 0 Å². The minimum atomic E-state index is -0.0109. The van der Waals surface area contributed by atoms with Crippen LogP contribution in [0.1, 0.15) is 38.5 Å². The van der Waals surface area contributed by atoms with E-state index in [1.54, 1.807) is 0 Å². The van der Waals surface area contributed by atoms with Crippen molar-refractivity contribution in [2.75, 3.05) is 13.2 Å². The van der Waals surface area contributed by atoms with Crippen LogP contribution in [0.25, 0.3) is 0 Å². The summed E-state index contributed by atoms with van der Waals surface area (Å²) in [5.74, 6) is 0.0789. The maximum Gasteiger partial charge on any atom is 0.224 e. The van der Waals surface area contributed by atoms with E-state index in [1.165, 1.54) is 0 Å². The largest absolute Gasteiger partial charge is 0.396 e. The second-order valence-corrected chi connectivity index (χ2v) is 5.43. The first-order valence-electron chi connectivity index (χ1n) is 6.31. The van der Waals surface area contributed by atoms with Gasteiger partial charge in [0, 0.05) is 18.0 Å². The van der Waals surface area contributed by atoms with E-state index in [0.717, 1.165) is 38.5 Å². The number of rotatable bonds is 4. The van der Waals surface area contributed by atoms with Crippen LogP contribution < -0.4 is 11.1 Å². The average Bonchev–Trinajstić information content (AvgIpc) is 3.07. The van der Waals surface area contributed by atoms with E-state index in [-0.39, 0.29) is 29.9 Å². The van der Waals surface area contributed by atoms with Crippen LogP contribution in [-0.4, -0.2) is 30.2 Å². The summed E-state index contributed by atoms with van der Waals surface area (Å²) in [4.78, 5) is 11.9. The lowest BCUT2D eigenvalue weighted by molar-refractivity contribution is -0.126. The van der Waals surface area contributed by atoms with Crippen LogP contribution >= 0.6 is 0 Å². The van der Waals surface area contributed by atoms with Gasteiger partial charge >= 0.3 is 0 Å². The summed E-state index contributed by atoms with van der Waals surface area (Å²) in [5.41, 5.74) is 5.95. The fraction of sp³-hybridized carbons (Fsp3) is 0.917. The molecule has 4 N–H and O–H groups in total. The fourth-order valence-electron chi connectivity index (χ4n) is 2.46. The van der Waals surface area contributed by atoms with E-state index in [2.05, 4.69) is 5.32 Å². The van der Waals surface area contributed by atoms with Crippen LogP contribution in [0.4, 0.5) is 0 Å². The van der Waals surface area contributed by atoms with Gasteiger partial charge in [-0.25, -0.2) is 0 Å². The normalized spacial score (nSPS) is 32.1. The Balaban J connectivity index is 1.78. The molecule has 1 amide bonds. The molecule has 92 valence electrons. The number of carbonyl (C=O) groups excluding carboxylic acids is 1. The van der Waals surface area contributed by atoms with Crippen molar-refractivity contribution in [3.05, 3.63) is 0 Å². The average molecular weight is 226 g/mol. The van der Waals surface area contributed by atoms with E-state index in [9.17, 15) is 4.79 Å². The first kappa shape index (κ1) is 11.9. The number of hydrogen-bond donors (Lipinski definition) is 3. The van der Waals surface area contributed by atoms with Gasteiger partial charge in [-0.1, -0.05) is 12.8 Å². The number of carbonyl (C=O) groups is 1. The van der Waals surface area contributed by atoms with Gasteiger partial charge in [0.2, 0.25) is 5.91 Å². The molecular formula is C12H22N2O2. The number of nitrogens with two attached hydrogens (primary N) is 1. The van der Waals surface area contributed by atoms with Gasteiger partial charge in [-0.3, -0.25) is 4.79 Å². The second kappa shape index (κ2) is 4.72. The van der Waals surface area contributed by atoms with Crippen molar-refractivity contribution in [3.63, 3.8) is 0 Å². The zero-order valence-electron chi connectivity index (χ0n) is 9.74. The summed E-state index contributed by atoms with van der Waals surface area (Å²) in [7, 11) is 0. The lowest BCUT2D eigenvalue weighted by atomic mass is 9.84. The van der Waals surface area contributed by atoms with Crippen molar-refractivity contribution in [3.8, 4) is 0 Å². The van der Waals surface area contributed by atoms with Gasteiger partial charge < -0.3 is 16.2 Å². The van der Waals surface area contributed by atoms with Gasteiger partial charge in [0.05, 0.1) is 12.5 Å². The third-order valence-electron chi connectivity index (χ3n) is 4.09. The molecule has 2 unspecified atom stereocenters. The zero-order valence-corrected chi connectivity index (χ0v) is 9.74. The highest BCUT2D eigenvalue weighted by atomic mass is 16.3. The van der Waals surface area contributed by atoms with Crippen LogP contribution in [0.15, 0.2) is 0 Å². The van der Waals surface area contributed by atoms with Crippen LogP contribution in [0.3, 0.4) is 0 Å². The molecule has 0 aromatic carbocycles. The molecule has 2 fully saturated rings. The molecule has 0 saturated heterocycles. The van der Waals surface area contributed by atoms with E-state index >= 15 is 0 Å². The van der Waals surface area contributed by atoms with Gasteiger partial charge in [0.15, 0.2) is 0 Å². The Labute approximate surface area is 96.6 Å². The van der Waals surface area contributed by atoms with Crippen LogP contribution in [-0.2, 0) is 4.79 Å². The highest BCUT2D eigenvalue weighted by Gasteiger charge is 2.42. The predicted octanol–water partition coefficient (Wildman–Crippen LogP) is 0.393. The number of amides is 1. The molecule has 2 aliphatic rings. The van der Waals surface area contributed by atoms with E-state index in [1.807, 2.05) is 0 Å². The van der Waals surface area contributed by atoms with Crippen molar-refractivity contribution in [2.45, 2.75) is 44.6 Å². The van der Waals surface area contributed by atoms with Crippen molar-refractivity contribution in [1.82, 2.24) is 5.32 Å². The lowest BCUT2D eigenvalue weighted by Crippen LogP contribution is -2.45. The minimum Gasteiger partial charge on any atom is -0.396 e. The van der Waals surface area contributed by atoms with E-state index in [4.69, 9.17) is 10.8 Å². The number of hydrogen-bond acceptors (Lipinski definition) is 3. The van der Waals surface area contributed by atoms with Crippen LogP contribution in [0, 0.1) is 11.3 Å². The van der Waals surface area contributed by atoms with Crippen molar-refractivity contribution in [1.29, 1.82) is 0 Å². The molecule has 4 nitrogen and oxygen atoms in total. The number of aliphatic hydroxyl groups excluding tert-OH is 1. The Morgan fingerprint density at radius 1 is 1.38 bits per heavy atom. The van der Waals surface area contributed by atoms with E-state index in [0.29, 0.717) is 6.54 Å². The van der Waals surface area contributed by atoms with Crippen LogP contribution in [0.5, 0.6) is 0 Å². The Hall–Kier alpha value is -0.610. The lowest BCUT2D eigenvalue weighted by Gasteiger charge is -2.28. The monoisotopic (exact) mass is 226 g/mol. The molecule has 2 aliphatic carbocycles. The maximum absolute atomic E-state index is 11.9. The molecule has 2 rings (SSSR count). The fourth-order valence-corrected chi connectivity index (χ4v) is 2.46. The van der Waals surface area contributed by atoms with Gasteiger partial charge in [-0.2, -0.15) is 0 Å². The number of nitrogens with one attached hydrogen (secondary N) is 1. The van der Waals surface area contributed by atoms with Crippen molar-refractivity contribution < 1.29 is 9.90 Å². The predicted molar refractivity (Wildman–Crippen MR) is 61.7 cm³/mol. The molecular weight excluding hydrogens is 204 g/mol. The molecule has 0 radical (unpaired) electrons. The summed E-state index contributed by atoms with van der Waals surface area (Å²) < 4.78 is 0. The standard InChI is InChI=1S/C12H22N2O2/c13-10-4-2-1-3-9(10)11(16)14-7-12(8-15)5-6-12/h9-10,15H,1-8,13H2,(H,14,16). The highest BCUT2D eigenvalue weighted by molar-refractivity contribution is 5.79. The van der Waals surface area contributed by atoms with Gasteiger partial charge in [0.1, 0.15) is 0 Å². The summed E-state index contributed by atoms with van der Waals surface area (Å²) >= 11 is 0. The molecule has 0 aromatic heterocycles. The Kier molecular flexibility index (Phi) is 3.50. The Bertz CT molecular complexity index is 264. The SMILES string of the molecule is NC1CCCCC1C(=O)NCC1(CO)CC1. The number of aliphatic hydroxyl groups is 1. The van der Waals surface area contributed by atoms with Crippen molar-refractivity contribution in [2.24, 2.45) is 17.1 Å². The highest BCUT2D eigenvalue weighted by Crippen LogP contribution is 2.44. The second-order valence-electron chi connectivity index (χ2n) is 5.43. The summed E-state index contributed by atoms with van der Waals surface area (Å²) in [6.07, 6.45) is 6.19. The third kappa shape index (κ3) is 2.55. The van der Waals surface area contributed by atoms with Gasteiger partial charge in [0.25, 0.3) is 0 Å². The molecule has 0 aliphatic heterocycles. The summed E-state index contributed by atoms with van der Waals surface area (Å²) in [6.45, 7) is 0.801. The van der Waals surface area contributed by atoms with Crippen LogP contribution in [0.2, 0.25) is 0 Å². The third-order valence-corrected chi connectivity index (χ3v) is 4.09. The molecule has 0 aromatic rings. The molecule has 0 bridgehead atoms. The molecule has 16 heavy (non-hydrogen) atoms. The molecule has 2 saturated carbocycles. The zero-order chi connectivity index (χ0) is 11.6. The van der Waals surface area contributed by atoms with E-state index < -0.39 is 0 Å². The Morgan fingerprint density at radius 3 is 2.62 bits per heavy atom. The first-order valence-corrected chi connectivity index (χ1v) is 6.31. The van der Waals surface area contributed by atoms with Gasteiger partial charge in [-0.05, 0) is 25.7 Å². The quantitative estimate of drug-likeness (QED) is 0.649. The Morgan fingerprint density at radius 2 is 2.06 bits per heavy atom. The minimum absolute atomic E-state index is 0.00553. The first-order chi connectivity index (χ1) is 7.67. The summed E-state index contributed by atoms with van der Waals surface area (Å²) in [5, 5.41) is 12.1. The summed E-state index contributed by atoms with van der Waals surface area (Å²) in [6, 6.07) is 0.0260. The van der Waals surface area contributed by atoms with Crippen molar-refractivity contribution >= 4 is 5.91 Å². The maximum atomic E-state index is 11.9. The molecule has 0 heterocycles. The molecule has 0 spiro atoms.